The lowest BCUT2D eigenvalue weighted by Crippen LogP contribution is -1.94. The summed E-state index contributed by atoms with van der Waals surface area (Å²) in [5, 5.41) is 4.80. The Bertz CT molecular complexity index is 760. The largest absolute Gasteiger partial charge is 0.495 e. The molecule has 0 amide bonds. The summed E-state index contributed by atoms with van der Waals surface area (Å²) in [6.45, 7) is 0. The average Bonchev–Trinajstić information content (AvgIpc) is 2.82. The minimum atomic E-state index is 0.449. The van der Waals surface area contributed by atoms with Crippen LogP contribution < -0.4 is 16.2 Å². The summed E-state index contributed by atoms with van der Waals surface area (Å²) in [7, 11) is 1.57. The van der Waals surface area contributed by atoms with E-state index >= 15 is 0 Å². The molecule has 102 valence electrons. The van der Waals surface area contributed by atoms with E-state index in [0.29, 0.717) is 33.6 Å². The van der Waals surface area contributed by atoms with Crippen LogP contribution in [0.2, 0.25) is 5.02 Å². The Labute approximate surface area is 119 Å². The predicted octanol–water partition coefficient (Wildman–Crippen LogP) is 2.22. The molecule has 0 aliphatic rings. The molecule has 0 unspecified atom stereocenters. The molecule has 0 atom stereocenters. The van der Waals surface area contributed by atoms with Crippen molar-refractivity contribution in [2.24, 2.45) is 0 Å². The number of aromatic nitrogens is 3. The normalized spacial score (nSPS) is 10.9. The van der Waals surface area contributed by atoms with Crippen LogP contribution in [0.5, 0.6) is 5.75 Å². The number of benzene rings is 1. The van der Waals surface area contributed by atoms with Gasteiger partial charge in [0, 0.05) is 11.6 Å². The number of nitrogen functional groups attached to an aromatic ring is 2. The first kappa shape index (κ1) is 12.6. The Morgan fingerprint density at radius 3 is 2.70 bits per heavy atom. The second-order valence-electron chi connectivity index (χ2n) is 4.27. The molecule has 4 N–H and O–H groups in total. The lowest BCUT2D eigenvalue weighted by molar-refractivity contribution is 0.417. The van der Waals surface area contributed by atoms with Crippen molar-refractivity contribution in [2.45, 2.75) is 0 Å². The highest BCUT2D eigenvalue weighted by Crippen LogP contribution is 2.27. The summed E-state index contributed by atoms with van der Waals surface area (Å²) in [4.78, 5) is 4.40. The van der Waals surface area contributed by atoms with Crippen LogP contribution >= 0.6 is 11.6 Å². The zero-order valence-electron chi connectivity index (χ0n) is 10.7. The van der Waals surface area contributed by atoms with Crippen molar-refractivity contribution in [3.63, 3.8) is 0 Å². The lowest BCUT2D eigenvalue weighted by atomic mass is 10.2. The Balaban J connectivity index is 2.12. The van der Waals surface area contributed by atoms with Gasteiger partial charge in [-0.1, -0.05) is 11.6 Å². The molecular formula is C13H12ClN5O. The number of hydrogen-bond acceptors (Lipinski definition) is 5. The van der Waals surface area contributed by atoms with E-state index in [2.05, 4.69) is 10.1 Å². The molecule has 0 saturated carbocycles. The summed E-state index contributed by atoms with van der Waals surface area (Å²) in [5.41, 5.74) is 14.0. The molecule has 0 bridgehead atoms. The van der Waals surface area contributed by atoms with E-state index < -0.39 is 0 Å². The van der Waals surface area contributed by atoms with Crippen LogP contribution in [-0.4, -0.2) is 21.7 Å². The summed E-state index contributed by atoms with van der Waals surface area (Å²) >= 11 is 5.97. The van der Waals surface area contributed by atoms with Crippen LogP contribution in [-0.2, 0) is 0 Å². The number of nitrogens with two attached hydrogens (primary N) is 2. The van der Waals surface area contributed by atoms with E-state index in [1.807, 2.05) is 6.07 Å². The van der Waals surface area contributed by atoms with Gasteiger partial charge in [0.05, 0.1) is 29.7 Å². The van der Waals surface area contributed by atoms with Crippen molar-refractivity contribution >= 4 is 28.6 Å². The second-order valence-corrected chi connectivity index (χ2v) is 4.68. The fourth-order valence-corrected chi connectivity index (χ4v) is 2.06. The number of rotatable bonds is 2. The van der Waals surface area contributed by atoms with Crippen LogP contribution in [0.1, 0.15) is 0 Å². The Morgan fingerprint density at radius 1 is 1.20 bits per heavy atom. The number of fused-ring (bicyclic) bond motifs is 1. The van der Waals surface area contributed by atoms with Gasteiger partial charge in [-0.3, -0.25) is 0 Å². The second kappa shape index (κ2) is 4.57. The molecule has 0 radical (unpaired) electrons. The van der Waals surface area contributed by atoms with Crippen molar-refractivity contribution in [1.82, 2.24) is 14.6 Å². The third-order valence-electron chi connectivity index (χ3n) is 2.94. The number of nitrogens with zero attached hydrogens (tertiary/aromatic N) is 3. The van der Waals surface area contributed by atoms with Crippen molar-refractivity contribution < 1.29 is 4.74 Å². The van der Waals surface area contributed by atoms with E-state index in [9.17, 15) is 0 Å². The summed E-state index contributed by atoms with van der Waals surface area (Å²) in [6.07, 6.45) is 1.63. The number of anilines is 2. The van der Waals surface area contributed by atoms with E-state index in [4.69, 9.17) is 27.8 Å². The van der Waals surface area contributed by atoms with Gasteiger partial charge in [0.1, 0.15) is 5.75 Å². The van der Waals surface area contributed by atoms with Gasteiger partial charge < -0.3 is 16.2 Å². The number of ether oxygens (including phenoxy) is 1. The smallest absolute Gasteiger partial charge is 0.182 e. The van der Waals surface area contributed by atoms with Gasteiger partial charge in [0.15, 0.2) is 11.5 Å². The van der Waals surface area contributed by atoms with Gasteiger partial charge in [0.2, 0.25) is 0 Å². The van der Waals surface area contributed by atoms with E-state index in [0.717, 1.165) is 5.56 Å². The minimum Gasteiger partial charge on any atom is -0.495 e. The Hall–Kier alpha value is -2.47. The highest BCUT2D eigenvalue weighted by atomic mass is 35.5. The SMILES string of the molecule is COc1ccc(-c2nc3cc(Cl)c(N)cn3n2)cc1N. The van der Waals surface area contributed by atoms with Crippen molar-refractivity contribution in [3.05, 3.63) is 35.5 Å². The minimum absolute atomic E-state index is 0.449. The van der Waals surface area contributed by atoms with Gasteiger partial charge >= 0.3 is 0 Å². The topological polar surface area (TPSA) is 91.5 Å². The molecule has 0 aliphatic carbocycles. The molecule has 0 spiro atoms. The Kier molecular flexibility index (Phi) is 2.87. The van der Waals surface area contributed by atoms with Gasteiger partial charge in [-0.2, -0.15) is 0 Å². The number of methoxy groups -OCH3 is 1. The van der Waals surface area contributed by atoms with Crippen molar-refractivity contribution in [1.29, 1.82) is 0 Å². The van der Waals surface area contributed by atoms with Crippen LogP contribution in [0.15, 0.2) is 30.5 Å². The molecule has 2 heterocycles. The third-order valence-corrected chi connectivity index (χ3v) is 3.27. The number of halogens is 1. The fourth-order valence-electron chi connectivity index (χ4n) is 1.91. The molecule has 7 heteroatoms. The molecule has 3 rings (SSSR count). The van der Waals surface area contributed by atoms with Crippen LogP contribution in [0.4, 0.5) is 11.4 Å². The van der Waals surface area contributed by atoms with Gasteiger partial charge in [-0.05, 0) is 18.2 Å². The van der Waals surface area contributed by atoms with E-state index in [1.54, 1.807) is 36.0 Å². The fraction of sp³-hybridized carbons (Fsp3) is 0.0769. The standard InChI is InChI=1S/C13H12ClN5O/c1-20-11-3-2-7(4-9(11)15)13-17-12-5-8(14)10(16)6-19(12)18-13/h2-6H,15-16H2,1H3. The van der Waals surface area contributed by atoms with Crippen molar-refractivity contribution in [2.75, 3.05) is 18.6 Å². The molecular weight excluding hydrogens is 278 g/mol. The molecule has 0 fully saturated rings. The summed E-state index contributed by atoms with van der Waals surface area (Å²) in [6, 6.07) is 7.05. The highest BCUT2D eigenvalue weighted by molar-refractivity contribution is 6.33. The first-order chi connectivity index (χ1) is 9.58. The van der Waals surface area contributed by atoms with Crippen molar-refractivity contribution in [3.8, 4) is 17.1 Å². The molecule has 0 saturated heterocycles. The summed E-state index contributed by atoms with van der Waals surface area (Å²) < 4.78 is 6.70. The predicted molar refractivity (Wildman–Crippen MR) is 78.8 cm³/mol. The maximum absolute atomic E-state index is 5.97. The van der Waals surface area contributed by atoms with Crippen LogP contribution in [0, 0.1) is 0 Å². The molecule has 20 heavy (non-hydrogen) atoms. The van der Waals surface area contributed by atoms with Crippen LogP contribution in [0.3, 0.4) is 0 Å². The first-order valence-corrected chi connectivity index (χ1v) is 6.21. The number of pyridine rings is 1. The molecule has 2 aromatic heterocycles. The molecule has 0 aliphatic heterocycles. The van der Waals surface area contributed by atoms with Gasteiger partial charge in [-0.15, -0.1) is 5.10 Å². The molecule has 6 nitrogen and oxygen atoms in total. The Morgan fingerprint density at radius 2 is 2.00 bits per heavy atom. The third kappa shape index (κ3) is 2.00. The highest BCUT2D eigenvalue weighted by Gasteiger charge is 2.10. The number of hydrogen-bond donors (Lipinski definition) is 2. The zero-order chi connectivity index (χ0) is 14.3. The quantitative estimate of drug-likeness (QED) is 0.706. The monoisotopic (exact) mass is 289 g/mol. The molecule has 1 aromatic carbocycles. The molecule has 3 aromatic rings. The summed E-state index contributed by atoms with van der Waals surface area (Å²) in [5.74, 6) is 1.16. The lowest BCUT2D eigenvalue weighted by Gasteiger charge is -2.04. The van der Waals surface area contributed by atoms with Gasteiger partial charge in [-0.25, -0.2) is 9.50 Å². The van der Waals surface area contributed by atoms with Crippen LogP contribution in [0.25, 0.3) is 17.0 Å². The zero-order valence-corrected chi connectivity index (χ0v) is 11.4. The van der Waals surface area contributed by atoms with E-state index in [1.165, 1.54) is 0 Å². The maximum atomic E-state index is 5.97. The van der Waals surface area contributed by atoms with Gasteiger partial charge in [0.25, 0.3) is 0 Å². The maximum Gasteiger partial charge on any atom is 0.182 e. The average molecular weight is 290 g/mol. The van der Waals surface area contributed by atoms with E-state index in [-0.39, 0.29) is 0 Å². The first-order valence-electron chi connectivity index (χ1n) is 5.84.